The fourth-order valence-corrected chi connectivity index (χ4v) is 1.53. The number of nitrogens with zero attached hydrogens (tertiary/aromatic N) is 2. The number of ether oxygens (including phenoxy) is 1. The number of aryl methyl sites for hydroxylation is 1. The fourth-order valence-electron chi connectivity index (χ4n) is 1.53. The van der Waals surface area contributed by atoms with Gasteiger partial charge in [0.2, 0.25) is 0 Å². The number of rotatable bonds is 4. The van der Waals surface area contributed by atoms with Gasteiger partial charge in [0.15, 0.2) is 5.69 Å². The topological polar surface area (TPSA) is 92.5 Å². The van der Waals surface area contributed by atoms with Crippen molar-refractivity contribution in [1.29, 1.82) is 0 Å². The van der Waals surface area contributed by atoms with Gasteiger partial charge in [0, 0.05) is 11.3 Å². The standard InChI is InChI=1S/C13H12N2O4/c1-8-6-10(12(17)18)15-13(14-8)19-11-5-3-2-4-9(11)7-16/h2-6,16H,7H2,1H3,(H,17,18). The molecule has 0 spiro atoms. The minimum absolute atomic E-state index is 0.0571. The summed E-state index contributed by atoms with van der Waals surface area (Å²) in [5.74, 6) is -0.752. The third-order valence-electron chi connectivity index (χ3n) is 2.40. The van der Waals surface area contributed by atoms with Gasteiger partial charge in [-0.05, 0) is 19.1 Å². The third-order valence-corrected chi connectivity index (χ3v) is 2.40. The summed E-state index contributed by atoms with van der Waals surface area (Å²) in [6.07, 6.45) is 0. The van der Waals surface area contributed by atoms with Crippen LogP contribution in [0.1, 0.15) is 21.7 Å². The van der Waals surface area contributed by atoms with Crippen molar-refractivity contribution in [3.63, 3.8) is 0 Å². The zero-order valence-corrected chi connectivity index (χ0v) is 10.2. The van der Waals surface area contributed by atoms with E-state index in [0.29, 0.717) is 17.0 Å². The molecule has 0 saturated heterocycles. The average molecular weight is 260 g/mol. The summed E-state index contributed by atoms with van der Waals surface area (Å²) in [6, 6.07) is 8.15. The molecule has 1 aromatic heterocycles. The van der Waals surface area contributed by atoms with E-state index in [1.54, 1.807) is 31.2 Å². The molecule has 0 amide bonds. The van der Waals surface area contributed by atoms with Crippen LogP contribution in [0.4, 0.5) is 0 Å². The normalized spacial score (nSPS) is 10.2. The number of carboxylic acids is 1. The number of aliphatic hydroxyl groups is 1. The second kappa shape index (κ2) is 5.45. The molecule has 2 N–H and O–H groups in total. The lowest BCUT2D eigenvalue weighted by atomic mass is 10.2. The zero-order valence-electron chi connectivity index (χ0n) is 10.2. The van der Waals surface area contributed by atoms with Gasteiger partial charge in [0.25, 0.3) is 0 Å². The van der Waals surface area contributed by atoms with Gasteiger partial charge in [-0.25, -0.2) is 9.78 Å². The Bertz CT molecular complexity index is 613. The highest BCUT2D eigenvalue weighted by Gasteiger charge is 2.11. The SMILES string of the molecule is Cc1cc(C(=O)O)nc(Oc2ccccc2CO)n1. The van der Waals surface area contributed by atoms with Crippen LogP contribution in [0.3, 0.4) is 0 Å². The van der Waals surface area contributed by atoms with E-state index in [4.69, 9.17) is 9.84 Å². The van der Waals surface area contributed by atoms with Crippen molar-refractivity contribution >= 4 is 5.97 Å². The van der Waals surface area contributed by atoms with Gasteiger partial charge in [-0.2, -0.15) is 4.98 Å². The van der Waals surface area contributed by atoms with Crippen LogP contribution in [0.25, 0.3) is 0 Å². The Kier molecular flexibility index (Phi) is 3.72. The summed E-state index contributed by atoms with van der Waals surface area (Å²) >= 11 is 0. The van der Waals surface area contributed by atoms with E-state index in [0.717, 1.165) is 0 Å². The summed E-state index contributed by atoms with van der Waals surface area (Å²) in [4.78, 5) is 18.7. The van der Waals surface area contributed by atoms with Crippen LogP contribution in [-0.2, 0) is 6.61 Å². The molecular formula is C13H12N2O4. The molecule has 0 radical (unpaired) electrons. The van der Waals surface area contributed by atoms with Crippen LogP contribution in [0.15, 0.2) is 30.3 Å². The number of benzene rings is 1. The number of hydrogen-bond donors (Lipinski definition) is 2. The lowest BCUT2D eigenvalue weighted by molar-refractivity contribution is 0.0689. The molecule has 0 aliphatic carbocycles. The van der Waals surface area contributed by atoms with E-state index < -0.39 is 5.97 Å². The second-order valence-corrected chi connectivity index (χ2v) is 3.85. The highest BCUT2D eigenvalue weighted by molar-refractivity contribution is 5.85. The summed E-state index contributed by atoms with van der Waals surface area (Å²) < 4.78 is 5.43. The van der Waals surface area contributed by atoms with E-state index in [9.17, 15) is 9.90 Å². The molecule has 0 aliphatic rings. The lowest BCUT2D eigenvalue weighted by Gasteiger charge is -2.08. The number of aromatic nitrogens is 2. The Labute approximate surface area is 109 Å². The quantitative estimate of drug-likeness (QED) is 0.870. The van der Waals surface area contributed by atoms with Crippen molar-refractivity contribution in [2.45, 2.75) is 13.5 Å². The van der Waals surface area contributed by atoms with E-state index in [-0.39, 0.29) is 18.3 Å². The van der Waals surface area contributed by atoms with Gasteiger partial charge in [0.05, 0.1) is 6.61 Å². The Balaban J connectivity index is 2.35. The average Bonchev–Trinajstić information content (AvgIpc) is 2.38. The van der Waals surface area contributed by atoms with Crippen LogP contribution in [0.5, 0.6) is 11.8 Å². The maximum Gasteiger partial charge on any atom is 0.354 e. The molecule has 0 atom stereocenters. The molecule has 19 heavy (non-hydrogen) atoms. The zero-order chi connectivity index (χ0) is 13.8. The maximum absolute atomic E-state index is 10.9. The lowest BCUT2D eigenvalue weighted by Crippen LogP contribution is -2.05. The molecule has 2 aromatic rings. The van der Waals surface area contributed by atoms with Crippen molar-refractivity contribution in [1.82, 2.24) is 9.97 Å². The summed E-state index contributed by atoms with van der Waals surface area (Å²) in [7, 11) is 0. The van der Waals surface area contributed by atoms with Gasteiger partial charge < -0.3 is 14.9 Å². The van der Waals surface area contributed by atoms with Crippen LogP contribution in [-0.4, -0.2) is 26.2 Å². The van der Waals surface area contributed by atoms with Crippen molar-refractivity contribution in [3.8, 4) is 11.8 Å². The number of aromatic carboxylic acids is 1. The highest BCUT2D eigenvalue weighted by atomic mass is 16.5. The van der Waals surface area contributed by atoms with Crippen molar-refractivity contribution in [2.75, 3.05) is 0 Å². The largest absolute Gasteiger partial charge is 0.477 e. The Morgan fingerprint density at radius 3 is 2.74 bits per heavy atom. The molecule has 0 saturated carbocycles. The first kappa shape index (κ1) is 13.0. The van der Waals surface area contributed by atoms with Gasteiger partial charge in [-0.15, -0.1) is 0 Å². The Morgan fingerprint density at radius 2 is 2.05 bits per heavy atom. The Morgan fingerprint density at radius 1 is 1.32 bits per heavy atom. The molecule has 0 unspecified atom stereocenters. The first-order valence-electron chi connectivity index (χ1n) is 5.55. The van der Waals surface area contributed by atoms with E-state index in [1.807, 2.05) is 0 Å². The van der Waals surface area contributed by atoms with Crippen LogP contribution >= 0.6 is 0 Å². The summed E-state index contributed by atoms with van der Waals surface area (Å²) in [6.45, 7) is 1.46. The number of hydrogen-bond acceptors (Lipinski definition) is 5. The molecule has 6 nitrogen and oxygen atoms in total. The molecule has 1 aromatic carbocycles. The smallest absolute Gasteiger partial charge is 0.354 e. The summed E-state index contributed by atoms with van der Waals surface area (Å²) in [5, 5.41) is 18.1. The minimum atomic E-state index is -1.15. The molecule has 1 heterocycles. The molecule has 0 aliphatic heterocycles. The number of carboxylic acid groups (broad SMARTS) is 1. The third kappa shape index (κ3) is 3.05. The molecule has 98 valence electrons. The van der Waals surface area contributed by atoms with Crippen LogP contribution < -0.4 is 4.74 Å². The predicted molar refractivity (Wildman–Crippen MR) is 66.2 cm³/mol. The van der Waals surface area contributed by atoms with E-state index in [1.165, 1.54) is 6.07 Å². The van der Waals surface area contributed by atoms with Crippen LogP contribution in [0.2, 0.25) is 0 Å². The van der Waals surface area contributed by atoms with Gasteiger partial charge in [0.1, 0.15) is 5.75 Å². The summed E-state index contributed by atoms with van der Waals surface area (Å²) in [5.41, 5.74) is 0.928. The van der Waals surface area contributed by atoms with Crippen LogP contribution in [0, 0.1) is 6.92 Å². The molecule has 2 rings (SSSR count). The molecule has 6 heteroatoms. The fraction of sp³-hybridized carbons (Fsp3) is 0.154. The van der Waals surface area contributed by atoms with Gasteiger partial charge >= 0.3 is 12.0 Å². The van der Waals surface area contributed by atoms with E-state index >= 15 is 0 Å². The minimum Gasteiger partial charge on any atom is -0.477 e. The van der Waals surface area contributed by atoms with Crippen molar-refractivity contribution in [3.05, 3.63) is 47.3 Å². The molecular weight excluding hydrogens is 248 g/mol. The predicted octanol–water partition coefficient (Wildman–Crippen LogP) is 1.77. The monoisotopic (exact) mass is 260 g/mol. The maximum atomic E-state index is 10.9. The van der Waals surface area contributed by atoms with Crippen molar-refractivity contribution in [2.24, 2.45) is 0 Å². The van der Waals surface area contributed by atoms with Gasteiger partial charge in [-0.3, -0.25) is 0 Å². The molecule has 0 bridgehead atoms. The van der Waals surface area contributed by atoms with E-state index in [2.05, 4.69) is 9.97 Å². The second-order valence-electron chi connectivity index (χ2n) is 3.85. The first-order chi connectivity index (χ1) is 9.10. The highest BCUT2D eigenvalue weighted by Crippen LogP contribution is 2.23. The number of aliphatic hydroxyl groups excluding tert-OH is 1. The number of para-hydroxylation sites is 1. The number of carbonyl (C=O) groups is 1. The van der Waals surface area contributed by atoms with Crippen molar-refractivity contribution < 1.29 is 19.7 Å². The van der Waals surface area contributed by atoms with Gasteiger partial charge in [-0.1, -0.05) is 18.2 Å². The Hall–Kier alpha value is -2.47. The molecule has 0 fully saturated rings. The first-order valence-corrected chi connectivity index (χ1v) is 5.55.